The molecule has 0 amide bonds. The lowest BCUT2D eigenvalue weighted by Crippen LogP contribution is -2.19. The quantitative estimate of drug-likeness (QED) is 0.569. The highest BCUT2D eigenvalue weighted by molar-refractivity contribution is 9.10. The molecule has 0 aliphatic heterocycles. The van der Waals surface area contributed by atoms with Crippen LogP contribution in [-0.4, -0.2) is 25.7 Å². The summed E-state index contributed by atoms with van der Waals surface area (Å²) in [6.45, 7) is 2.01. The SMILES string of the molecule is CCCCCS(=O)(=O)CC(=O)c1ccccc1Br. The van der Waals surface area contributed by atoms with E-state index in [0.29, 0.717) is 16.5 Å². The molecule has 0 fully saturated rings. The van der Waals surface area contributed by atoms with Crippen LogP contribution in [0.15, 0.2) is 28.7 Å². The van der Waals surface area contributed by atoms with Crippen molar-refractivity contribution >= 4 is 31.6 Å². The van der Waals surface area contributed by atoms with Crippen LogP contribution in [-0.2, 0) is 9.84 Å². The highest BCUT2D eigenvalue weighted by Crippen LogP contribution is 2.17. The molecule has 0 N–H and O–H groups in total. The highest BCUT2D eigenvalue weighted by atomic mass is 79.9. The maximum Gasteiger partial charge on any atom is 0.178 e. The molecule has 5 heteroatoms. The molecule has 0 bridgehead atoms. The Kier molecular flexibility index (Phi) is 6.02. The number of Topliss-reactive ketones (excluding diaryl/α,β-unsaturated/α-hetero) is 1. The third-order valence-electron chi connectivity index (χ3n) is 2.58. The summed E-state index contributed by atoms with van der Waals surface area (Å²) in [7, 11) is -3.29. The summed E-state index contributed by atoms with van der Waals surface area (Å²) < 4.78 is 24.2. The normalized spacial score (nSPS) is 11.4. The van der Waals surface area contributed by atoms with Gasteiger partial charge in [0.25, 0.3) is 0 Å². The van der Waals surface area contributed by atoms with E-state index in [0.717, 1.165) is 12.8 Å². The average molecular weight is 333 g/mol. The Morgan fingerprint density at radius 2 is 1.89 bits per heavy atom. The fourth-order valence-corrected chi connectivity index (χ4v) is 3.46. The lowest BCUT2D eigenvalue weighted by Gasteiger charge is -2.05. The largest absolute Gasteiger partial charge is 0.293 e. The average Bonchev–Trinajstić information content (AvgIpc) is 2.29. The molecule has 0 saturated carbocycles. The number of benzene rings is 1. The molecule has 0 spiro atoms. The van der Waals surface area contributed by atoms with Gasteiger partial charge in [0.1, 0.15) is 5.75 Å². The molecule has 1 aromatic carbocycles. The third-order valence-corrected chi connectivity index (χ3v) is 4.89. The summed E-state index contributed by atoms with van der Waals surface area (Å²) in [6.07, 6.45) is 2.47. The first kappa shape index (κ1) is 15.4. The minimum absolute atomic E-state index is 0.0943. The standard InChI is InChI=1S/C13H17BrO3S/c1-2-3-6-9-18(16,17)10-13(15)11-7-4-5-8-12(11)14/h4-5,7-8H,2-3,6,9-10H2,1H3. The van der Waals surface area contributed by atoms with Gasteiger partial charge in [0, 0.05) is 10.0 Å². The maximum absolute atomic E-state index is 11.9. The summed E-state index contributed by atoms with van der Waals surface area (Å²) in [4.78, 5) is 11.9. The summed E-state index contributed by atoms with van der Waals surface area (Å²) in [5, 5.41) is 0. The van der Waals surface area contributed by atoms with E-state index in [9.17, 15) is 13.2 Å². The van der Waals surface area contributed by atoms with Gasteiger partial charge in [0.05, 0.1) is 5.75 Å². The number of rotatable bonds is 7. The predicted octanol–water partition coefficient (Wildman–Crippen LogP) is 3.24. The second kappa shape index (κ2) is 7.04. The molecular formula is C13H17BrO3S. The molecule has 18 heavy (non-hydrogen) atoms. The number of hydrogen-bond acceptors (Lipinski definition) is 3. The van der Waals surface area contributed by atoms with E-state index in [1.807, 2.05) is 6.92 Å². The second-order valence-electron chi connectivity index (χ2n) is 4.20. The predicted molar refractivity (Wildman–Crippen MR) is 76.7 cm³/mol. The molecule has 0 radical (unpaired) electrons. The van der Waals surface area contributed by atoms with E-state index < -0.39 is 15.6 Å². The Morgan fingerprint density at radius 1 is 1.22 bits per heavy atom. The fourth-order valence-electron chi connectivity index (χ4n) is 1.61. The fraction of sp³-hybridized carbons (Fsp3) is 0.462. The molecule has 0 saturated heterocycles. The highest BCUT2D eigenvalue weighted by Gasteiger charge is 2.18. The lowest BCUT2D eigenvalue weighted by atomic mass is 10.1. The maximum atomic E-state index is 11.9. The Morgan fingerprint density at radius 3 is 2.50 bits per heavy atom. The van der Waals surface area contributed by atoms with Crippen molar-refractivity contribution < 1.29 is 13.2 Å². The van der Waals surface area contributed by atoms with Crippen LogP contribution in [0, 0.1) is 0 Å². The van der Waals surface area contributed by atoms with Crippen molar-refractivity contribution in [3.05, 3.63) is 34.3 Å². The van der Waals surface area contributed by atoms with E-state index in [1.54, 1.807) is 24.3 Å². The molecule has 100 valence electrons. The number of unbranched alkanes of at least 4 members (excludes halogenated alkanes) is 2. The van der Waals surface area contributed by atoms with Crippen LogP contribution in [0.1, 0.15) is 36.5 Å². The van der Waals surface area contributed by atoms with Gasteiger partial charge in [0.15, 0.2) is 15.6 Å². The van der Waals surface area contributed by atoms with Gasteiger partial charge in [-0.05, 0) is 12.5 Å². The number of carbonyl (C=O) groups excluding carboxylic acids is 1. The Balaban J connectivity index is 2.68. The van der Waals surface area contributed by atoms with Crippen molar-refractivity contribution in [3.63, 3.8) is 0 Å². The van der Waals surface area contributed by atoms with E-state index >= 15 is 0 Å². The molecule has 0 unspecified atom stereocenters. The number of ketones is 1. The van der Waals surface area contributed by atoms with Crippen LogP contribution in [0.4, 0.5) is 0 Å². The molecule has 1 aromatic rings. The zero-order valence-electron chi connectivity index (χ0n) is 10.4. The summed E-state index contributed by atoms with van der Waals surface area (Å²) in [5.74, 6) is -0.657. The van der Waals surface area contributed by atoms with Gasteiger partial charge in [-0.3, -0.25) is 4.79 Å². The van der Waals surface area contributed by atoms with Gasteiger partial charge in [0.2, 0.25) is 0 Å². The first-order valence-corrected chi connectivity index (χ1v) is 8.56. The second-order valence-corrected chi connectivity index (χ2v) is 7.24. The van der Waals surface area contributed by atoms with E-state index in [1.165, 1.54) is 0 Å². The molecule has 0 atom stereocenters. The number of sulfone groups is 1. The van der Waals surface area contributed by atoms with Crippen LogP contribution >= 0.6 is 15.9 Å². The molecule has 0 heterocycles. The van der Waals surface area contributed by atoms with Gasteiger partial charge >= 0.3 is 0 Å². The van der Waals surface area contributed by atoms with Crippen LogP contribution in [0.3, 0.4) is 0 Å². The van der Waals surface area contributed by atoms with Crippen molar-refractivity contribution in [2.24, 2.45) is 0 Å². The van der Waals surface area contributed by atoms with Crippen molar-refractivity contribution in [1.29, 1.82) is 0 Å². The van der Waals surface area contributed by atoms with Crippen LogP contribution < -0.4 is 0 Å². The summed E-state index contributed by atoms with van der Waals surface area (Å²) in [5.41, 5.74) is 0.427. The molecule has 1 rings (SSSR count). The third kappa shape index (κ3) is 4.90. The molecule has 0 aliphatic rings. The van der Waals surface area contributed by atoms with Gasteiger partial charge in [-0.15, -0.1) is 0 Å². The van der Waals surface area contributed by atoms with Gasteiger partial charge in [-0.25, -0.2) is 8.42 Å². The van der Waals surface area contributed by atoms with E-state index in [2.05, 4.69) is 15.9 Å². The van der Waals surface area contributed by atoms with Crippen molar-refractivity contribution in [3.8, 4) is 0 Å². The zero-order valence-corrected chi connectivity index (χ0v) is 12.8. The summed E-state index contributed by atoms with van der Waals surface area (Å²) >= 11 is 3.25. The van der Waals surface area contributed by atoms with Crippen LogP contribution in [0.25, 0.3) is 0 Å². The van der Waals surface area contributed by atoms with Gasteiger partial charge in [-0.1, -0.05) is 53.9 Å². The van der Waals surface area contributed by atoms with Crippen molar-refractivity contribution in [2.45, 2.75) is 26.2 Å². The topological polar surface area (TPSA) is 51.2 Å². The first-order chi connectivity index (χ1) is 8.46. The molecule has 0 aliphatic carbocycles. The monoisotopic (exact) mass is 332 g/mol. The van der Waals surface area contributed by atoms with Gasteiger partial charge < -0.3 is 0 Å². The minimum Gasteiger partial charge on any atom is -0.293 e. The molecule has 0 aromatic heterocycles. The Hall–Kier alpha value is -0.680. The van der Waals surface area contributed by atoms with Crippen molar-refractivity contribution in [2.75, 3.05) is 11.5 Å². The molecule has 3 nitrogen and oxygen atoms in total. The van der Waals surface area contributed by atoms with Crippen molar-refractivity contribution in [1.82, 2.24) is 0 Å². The molecular weight excluding hydrogens is 316 g/mol. The van der Waals surface area contributed by atoms with E-state index in [4.69, 9.17) is 0 Å². The summed E-state index contributed by atoms with van der Waals surface area (Å²) in [6, 6.07) is 6.88. The Labute approximate surface area is 117 Å². The number of carbonyl (C=O) groups is 1. The van der Waals surface area contributed by atoms with Crippen LogP contribution in [0.5, 0.6) is 0 Å². The van der Waals surface area contributed by atoms with Gasteiger partial charge in [-0.2, -0.15) is 0 Å². The lowest BCUT2D eigenvalue weighted by molar-refractivity contribution is 0.102. The number of hydrogen-bond donors (Lipinski definition) is 0. The smallest absolute Gasteiger partial charge is 0.178 e. The minimum atomic E-state index is -3.29. The number of halogens is 1. The first-order valence-electron chi connectivity index (χ1n) is 5.94. The zero-order chi connectivity index (χ0) is 13.6. The Bertz CT molecular complexity index is 509. The van der Waals surface area contributed by atoms with E-state index in [-0.39, 0.29) is 11.5 Å². The van der Waals surface area contributed by atoms with Crippen LogP contribution in [0.2, 0.25) is 0 Å².